The van der Waals surface area contributed by atoms with E-state index in [1.165, 1.54) is 11.3 Å². The molecule has 188 valence electrons. The average molecular weight is 520 g/mol. The van der Waals surface area contributed by atoms with Gasteiger partial charge in [0, 0.05) is 35.3 Å². The predicted octanol–water partition coefficient (Wildman–Crippen LogP) is 4.43. The number of benzene rings is 3. The molecule has 38 heavy (non-hydrogen) atoms. The molecule has 2 aromatic heterocycles. The van der Waals surface area contributed by atoms with E-state index in [1.54, 1.807) is 11.5 Å². The molecule has 0 saturated carbocycles. The normalized spacial score (nSPS) is 15.4. The molecule has 0 aliphatic carbocycles. The summed E-state index contributed by atoms with van der Waals surface area (Å²) >= 11 is 1.33. The van der Waals surface area contributed by atoms with Gasteiger partial charge in [0.25, 0.3) is 5.56 Å². The summed E-state index contributed by atoms with van der Waals surface area (Å²) in [5, 5.41) is 1.07. The van der Waals surface area contributed by atoms with Crippen LogP contribution in [0.3, 0.4) is 0 Å². The summed E-state index contributed by atoms with van der Waals surface area (Å²) in [6.45, 7) is 2.00. The Morgan fingerprint density at radius 3 is 2.42 bits per heavy atom. The molecule has 0 radical (unpaired) electrons. The van der Waals surface area contributed by atoms with Gasteiger partial charge >= 0.3 is 5.97 Å². The van der Waals surface area contributed by atoms with Crippen molar-refractivity contribution in [2.75, 3.05) is 6.61 Å². The van der Waals surface area contributed by atoms with Gasteiger partial charge in [-0.15, -0.1) is 0 Å². The number of fused-ring (bicyclic) bond motifs is 2. The van der Waals surface area contributed by atoms with E-state index in [2.05, 4.69) is 16.7 Å². The number of ether oxygens (including phenoxy) is 1. The number of para-hydroxylation sites is 1. The third-order valence-corrected chi connectivity index (χ3v) is 7.69. The maximum atomic E-state index is 14.0. The van der Waals surface area contributed by atoms with Crippen molar-refractivity contribution >= 4 is 40.0 Å². The molecule has 0 bridgehead atoms. The third-order valence-electron chi connectivity index (χ3n) is 6.70. The zero-order valence-corrected chi connectivity index (χ0v) is 21.8. The van der Waals surface area contributed by atoms with Crippen LogP contribution in [0, 0.1) is 0 Å². The Hall–Kier alpha value is -4.49. The fraction of sp³-hybridized carbons (Fsp3) is 0.129. The van der Waals surface area contributed by atoms with Crippen molar-refractivity contribution < 1.29 is 9.53 Å². The second kappa shape index (κ2) is 9.76. The van der Waals surface area contributed by atoms with Gasteiger partial charge in [0.05, 0.1) is 28.5 Å². The zero-order chi connectivity index (χ0) is 26.2. The number of hydrogen-bond acceptors (Lipinski definition) is 5. The molecule has 0 N–H and O–H groups in total. The summed E-state index contributed by atoms with van der Waals surface area (Å²) in [5.74, 6) is -0.479. The second-order valence-corrected chi connectivity index (χ2v) is 10.1. The van der Waals surface area contributed by atoms with E-state index in [0.29, 0.717) is 20.6 Å². The van der Waals surface area contributed by atoms with Crippen LogP contribution in [0.25, 0.3) is 22.7 Å². The van der Waals surface area contributed by atoms with E-state index in [9.17, 15) is 9.59 Å². The summed E-state index contributed by atoms with van der Waals surface area (Å²) in [6, 6.07) is 26.6. The molecule has 6 nitrogen and oxygen atoms in total. The Labute approximate surface area is 223 Å². The van der Waals surface area contributed by atoms with Crippen molar-refractivity contribution in [3.05, 3.63) is 133 Å². The van der Waals surface area contributed by atoms with Crippen molar-refractivity contribution in [2.45, 2.75) is 13.0 Å². The zero-order valence-electron chi connectivity index (χ0n) is 21.0. The summed E-state index contributed by atoms with van der Waals surface area (Å²) in [5.41, 5.74) is 4.34. The van der Waals surface area contributed by atoms with Gasteiger partial charge in [-0.2, -0.15) is 0 Å². The summed E-state index contributed by atoms with van der Waals surface area (Å²) < 4.78 is 9.76. The molecule has 0 fully saturated rings. The topological polar surface area (TPSA) is 65.6 Å². The largest absolute Gasteiger partial charge is 0.463 e. The van der Waals surface area contributed by atoms with E-state index in [-0.39, 0.29) is 12.2 Å². The van der Waals surface area contributed by atoms with E-state index in [0.717, 1.165) is 27.6 Å². The van der Waals surface area contributed by atoms with Crippen molar-refractivity contribution in [3.8, 4) is 0 Å². The van der Waals surface area contributed by atoms with Gasteiger partial charge in [-0.3, -0.25) is 9.36 Å². The molecule has 1 aliphatic rings. The fourth-order valence-electron chi connectivity index (χ4n) is 5.02. The first kappa shape index (κ1) is 23.9. The lowest BCUT2D eigenvalue weighted by atomic mass is 9.93. The van der Waals surface area contributed by atoms with E-state index in [4.69, 9.17) is 9.73 Å². The molecule has 0 saturated heterocycles. The smallest absolute Gasteiger partial charge is 0.338 e. The number of esters is 1. The maximum absolute atomic E-state index is 14.0. The highest BCUT2D eigenvalue weighted by Crippen LogP contribution is 2.35. The van der Waals surface area contributed by atoms with Crippen molar-refractivity contribution in [1.82, 2.24) is 9.13 Å². The standard InChI is InChI=1S/C31H25N3O3S/c1-3-37-30(36)26-27(20-12-6-4-7-13-20)32-31-34(28(26)21-14-8-5-9-15-21)29(35)25(38-31)18-22-19-33(2)24-17-11-10-16-23(22)24/h4-19,28H,3H2,1-2H3/b25-18+. The quantitative estimate of drug-likeness (QED) is 0.323. The van der Waals surface area contributed by atoms with Crippen LogP contribution >= 0.6 is 11.3 Å². The third kappa shape index (κ3) is 4.01. The first-order valence-corrected chi connectivity index (χ1v) is 13.3. The van der Waals surface area contributed by atoms with Gasteiger partial charge in [0.15, 0.2) is 4.80 Å². The van der Waals surface area contributed by atoms with Crippen LogP contribution in [0.1, 0.15) is 29.7 Å². The molecular formula is C31H25N3O3S. The minimum absolute atomic E-state index is 0.190. The number of nitrogens with zero attached hydrogens (tertiary/aromatic N) is 3. The minimum atomic E-state index is -0.670. The van der Waals surface area contributed by atoms with E-state index < -0.39 is 12.0 Å². The van der Waals surface area contributed by atoms with Gasteiger partial charge < -0.3 is 9.30 Å². The molecule has 0 amide bonds. The molecule has 1 aliphatic heterocycles. The Morgan fingerprint density at radius 1 is 1.00 bits per heavy atom. The van der Waals surface area contributed by atoms with Crippen molar-refractivity contribution in [3.63, 3.8) is 0 Å². The van der Waals surface area contributed by atoms with Crippen LogP contribution < -0.4 is 14.9 Å². The number of carbonyl (C=O) groups excluding carboxylic acids is 1. The van der Waals surface area contributed by atoms with Crippen LogP contribution in [0.2, 0.25) is 0 Å². The summed E-state index contributed by atoms with van der Waals surface area (Å²) in [6.07, 6.45) is 3.95. The van der Waals surface area contributed by atoms with Crippen LogP contribution in [0.5, 0.6) is 0 Å². The Kier molecular flexibility index (Phi) is 6.13. The first-order chi connectivity index (χ1) is 18.6. The number of hydrogen-bond donors (Lipinski definition) is 0. The fourth-order valence-corrected chi connectivity index (χ4v) is 6.01. The number of thiazole rings is 1. The SMILES string of the molecule is CCOC(=O)C1=C(c2ccccc2)N=c2s/c(=C/c3cn(C)c4ccccc34)c(=O)n2C1c1ccccc1. The van der Waals surface area contributed by atoms with Gasteiger partial charge in [-0.25, -0.2) is 9.79 Å². The molecule has 0 spiro atoms. The molecule has 3 aromatic carbocycles. The number of rotatable bonds is 5. The molecule has 3 heterocycles. The molecular weight excluding hydrogens is 494 g/mol. The molecule has 1 atom stereocenters. The lowest BCUT2D eigenvalue weighted by Crippen LogP contribution is -2.39. The summed E-state index contributed by atoms with van der Waals surface area (Å²) in [7, 11) is 1.99. The highest BCUT2D eigenvalue weighted by atomic mass is 32.1. The average Bonchev–Trinajstić information content (AvgIpc) is 3.44. The van der Waals surface area contributed by atoms with Gasteiger partial charge in [-0.1, -0.05) is 90.2 Å². The minimum Gasteiger partial charge on any atom is -0.463 e. The Bertz CT molecular complexity index is 1880. The molecule has 7 heteroatoms. The van der Waals surface area contributed by atoms with Gasteiger partial charge in [-0.05, 0) is 24.6 Å². The van der Waals surface area contributed by atoms with Crippen LogP contribution in [-0.2, 0) is 16.6 Å². The van der Waals surface area contributed by atoms with Crippen LogP contribution in [-0.4, -0.2) is 21.7 Å². The van der Waals surface area contributed by atoms with Crippen molar-refractivity contribution in [2.24, 2.45) is 12.0 Å². The maximum Gasteiger partial charge on any atom is 0.338 e. The lowest BCUT2D eigenvalue weighted by Gasteiger charge is -2.25. The number of carbonyl (C=O) groups is 1. The summed E-state index contributed by atoms with van der Waals surface area (Å²) in [4.78, 5) is 32.9. The van der Waals surface area contributed by atoms with Crippen molar-refractivity contribution in [1.29, 1.82) is 0 Å². The molecule has 6 rings (SSSR count). The Morgan fingerprint density at radius 2 is 1.68 bits per heavy atom. The van der Waals surface area contributed by atoms with Gasteiger partial charge in [0.1, 0.15) is 0 Å². The number of aromatic nitrogens is 2. The monoisotopic (exact) mass is 519 g/mol. The highest BCUT2D eigenvalue weighted by molar-refractivity contribution is 7.07. The molecule has 5 aromatic rings. The molecule has 1 unspecified atom stereocenters. The highest BCUT2D eigenvalue weighted by Gasteiger charge is 2.35. The van der Waals surface area contributed by atoms with E-state index >= 15 is 0 Å². The first-order valence-electron chi connectivity index (χ1n) is 12.4. The lowest BCUT2D eigenvalue weighted by molar-refractivity contribution is -0.138. The van der Waals surface area contributed by atoms with E-state index in [1.807, 2.05) is 92.1 Å². The predicted molar refractivity (Wildman–Crippen MR) is 150 cm³/mol. The Balaban J connectivity index is 1.66. The number of aryl methyl sites for hydroxylation is 1. The second-order valence-electron chi connectivity index (χ2n) is 9.05. The van der Waals surface area contributed by atoms with Gasteiger partial charge in [0.2, 0.25) is 0 Å². The van der Waals surface area contributed by atoms with Crippen LogP contribution in [0.15, 0.2) is 106 Å². The van der Waals surface area contributed by atoms with Crippen LogP contribution in [0.4, 0.5) is 0 Å².